The van der Waals surface area contributed by atoms with E-state index in [1.165, 1.54) is 0 Å². The number of hydrogen-bond acceptors (Lipinski definition) is 1. The van der Waals surface area contributed by atoms with Crippen molar-refractivity contribution in [2.75, 3.05) is 13.1 Å². The van der Waals surface area contributed by atoms with Gasteiger partial charge in [0.2, 0.25) is 5.91 Å². The maximum absolute atomic E-state index is 12.7. The molecule has 146 valence electrons. The Morgan fingerprint density at radius 3 is 2.27 bits per heavy atom. The van der Waals surface area contributed by atoms with E-state index in [1.807, 2.05) is 4.90 Å². The van der Waals surface area contributed by atoms with Crippen LogP contribution in [-0.4, -0.2) is 23.9 Å². The van der Waals surface area contributed by atoms with E-state index in [9.17, 15) is 18.0 Å². The molecule has 26 heavy (non-hydrogen) atoms. The van der Waals surface area contributed by atoms with Gasteiger partial charge < -0.3 is 4.90 Å². The van der Waals surface area contributed by atoms with Crippen molar-refractivity contribution in [3.05, 3.63) is 35.4 Å². The van der Waals surface area contributed by atoms with Crippen LogP contribution < -0.4 is 0 Å². The summed E-state index contributed by atoms with van der Waals surface area (Å²) in [6.07, 6.45) is 2.42. The van der Waals surface area contributed by atoms with Crippen molar-refractivity contribution in [1.29, 1.82) is 0 Å². The van der Waals surface area contributed by atoms with Gasteiger partial charge >= 0.3 is 6.18 Å². The summed E-state index contributed by atoms with van der Waals surface area (Å²) < 4.78 is 37.9. The lowest BCUT2D eigenvalue weighted by atomic mass is 9.88. The second kappa shape index (κ2) is 9.43. The molecular formula is C21H30F3NO. The summed E-state index contributed by atoms with van der Waals surface area (Å²) in [5.41, 5.74) is 0.344. The molecule has 1 atom stereocenters. The third-order valence-electron chi connectivity index (χ3n) is 5.48. The summed E-state index contributed by atoms with van der Waals surface area (Å²) in [5.74, 6) is 0.863. The van der Waals surface area contributed by atoms with Gasteiger partial charge in [-0.3, -0.25) is 4.79 Å². The topological polar surface area (TPSA) is 20.3 Å². The monoisotopic (exact) mass is 369 g/mol. The number of nitrogens with zero attached hydrogens (tertiary/aromatic N) is 1. The standard InChI is InChI=1S/C21H30F3NO/c1-3-5-6-18(4-2)20(26)25-13-11-17(12-14-25)15-16-7-9-19(10-8-16)21(22,23)24/h7-10,17-18H,3-6,11-15H2,1-2H3. The third-order valence-corrected chi connectivity index (χ3v) is 5.48. The van der Waals surface area contributed by atoms with Crippen LogP contribution in [0.2, 0.25) is 0 Å². The third kappa shape index (κ3) is 5.75. The van der Waals surface area contributed by atoms with Gasteiger partial charge in [0.25, 0.3) is 0 Å². The second-order valence-electron chi connectivity index (χ2n) is 7.41. The van der Waals surface area contributed by atoms with Crippen molar-refractivity contribution in [1.82, 2.24) is 4.90 Å². The summed E-state index contributed by atoms with van der Waals surface area (Å²) in [6.45, 7) is 5.76. The molecule has 1 amide bonds. The highest BCUT2D eigenvalue weighted by atomic mass is 19.4. The molecule has 0 radical (unpaired) electrons. The maximum Gasteiger partial charge on any atom is 0.416 e. The fraction of sp³-hybridized carbons (Fsp3) is 0.667. The van der Waals surface area contributed by atoms with Crippen molar-refractivity contribution < 1.29 is 18.0 Å². The first-order valence-corrected chi connectivity index (χ1v) is 9.80. The van der Waals surface area contributed by atoms with Crippen LogP contribution in [0.3, 0.4) is 0 Å². The van der Waals surface area contributed by atoms with E-state index in [-0.39, 0.29) is 11.8 Å². The molecule has 1 saturated heterocycles. The number of rotatable bonds is 7. The molecule has 0 N–H and O–H groups in total. The molecule has 2 nitrogen and oxygen atoms in total. The van der Waals surface area contributed by atoms with Crippen LogP contribution in [-0.2, 0) is 17.4 Å². The summed E-state index contributed by atoms with van der Waals surface area (Å²) in [7, 11) is 0. The maximum atomic E-state index is 12.7. The van der Waals surface area contributed by atoms with Crippen molar-refractivity contribution >= 4 is 5.91 Å². The molecule has 1 aromatic rings. The molecule has 0 bridgehead atoms. The van der Waals surface area contributed by atoms with Crippen molar-refractivity contribution in [2.24, 2.45) is 11.8 Å². The van der Waals surface area contributed by atoms with E-state index in [2.05, 4.69) is 13.8 Å². The molecule has 5 heteroatoms. The number of piperidine rings is 1. The Kier molecular flexibility index (Phi) is 7.54. The first-order valence-electron chi connectivity index (χ1n) is 9.80. The summed E-state index contributed by atoms with van der Waals surface area (Å²) in [4.78, 5) is 14.6. The van der Waals surface area contributed by atoms with Gasteiger partial charge in [0.05, 0.1) is 5.56 Å². The Labute approximate surface area is 154 Å². The number of carbonyl (C=O) groups excluding carboxylic acids is 1. The number of likely N-dealkylation sites (tertiary alicyclic amines) is 1. The zero-order chi connectivity index (χ0) is 19.2. The van der Waals surface area contributed by atoms with E-state index in [0.717, 1.165) is 75.7 Å². The molecule has 0 spiro atoms. The molecule has 1 fully saturated rings. The molecule has 1 aromatic carbocycles. The van der Waals surface area contributed by atoms with E-state index in [1.54, 1.807) is 12.1 Å². The number of benzene rings is 1. The lowest BCUT2D eigenvalue weighted by molar-refractivity contribution is -0.138. The van der Waals surface area contributed by atoms with Crippen LogP contribution in [0, 0.1) is 11.8 Å². The van der Waals surface area contributed by atoms with Crippen LogP contribution in [0.4, 0.5) is 13.2 Å². The minimum Gasteiger partial charge on any atom is -0.342 e. The average molecular weight is 369 g/mol. The lowest BCUT2D eigenvalue weighted by Gasteiger charge is -2.34. The first-order chi connectivity index (χ1) is 12.3. The summed E-state index contributed by atoms with van der Waals surface area (Å²) in [6, 6.07) is 5.48. The van der Waals surface area contributed by atoms with Crippen molar-refractivity contribution in [2.45, 2.75) is 65.0 Å². The van der Waals surface area contributed by atoms with Crippen LogP contribution in [0.15, 0.2) is 24.3 Å². The van der Waals surface area contributed by atoms with Gasteiger partial charge in [0.15, 0.2) is 0 Å². The highest BCUT2D eigenvalue weighted by Gasteiger charge is 2.30. The van der Waals surface area contributed by atoms with Gasteiger partial charge in [-0.05, 0) is 55.7 Å². The SMILES string of the molecule is CCCCC(CC)C(=O)N1CCC(Cc2ccc(C(F)(F)F)cc2)CC1. The number of carbonyl (C=O) groups is 1. The Balaban J connectivity index is 1.83. The zero-order valence-corrected chi connectivity index (χ0v) is 15.8. The van der Waals surface area contributed by atoms with Gasteiger partial charge in [0, 0.05) is 19.0 Å². The molecule has 0 saturated carbocycles. The Morgan fingerprint density at radius 2 is 1.77 bits per heavy atom. The highest BCUT2D eigenvalue weighted by Crippen LogP contribution is 2.30. The predicted octanol–water partition coefficient (Wildman–Crippen LogP) is 5.70. The molecule has 1 aliphatic heterocycles. The van der Waals surface area contributed by atoms with Crippen molar-refractivity contribution in [3.63, 3.8) is 0 Å². The van der Waals surface area contributed by atoms with E-state index in [0.29, 0.717) is 5.92 Å². The smallest absolute Gasteiger partial charge is 0.342 e. The first kappa shape index (κ1) is 20.8. The van der Waals surface area contributed by atoms with E-state index >= 15 is 0 Å². The molecular weight excluding hydrogens is 339 g/mol. The van der Waals surface area contributed by atoms with Crippen LogP contribution in [0.1, 0.15) is 63.5 Å². The lowest BCUT2D eigenvalue weighted by Crippen LogP contribution is -2.42. The summed E-state index contributed by atoms with van der Waals surface area (Å²) in [5, 5.41) is 0. The average Bonchev–Trinajstić information content (AvgIpc) is 2.62. The minimum atomic E-state index is -4.28. The fourth-order valence-electron chi connectivity index (χ4n) is 3.73. The molecule has 1 heterocycles. The Hall–Kier alpha value is -1.52. The van der Waals surface area contributed by atoms with Crippen LogP contribution >= 0.6 is 0 Å². The predicted molar refractivity (Wildman–Crippen MR) is 97.8 cm³/mol. The largest absolute Gasteiger partial charge is 0.416 e. The minimum absolute atomic E-state index is 0.140. The normalized spacial score (nSPS) is 17.3. The number of amides is 1. The number of alkyl halides is 3. The number of hydrogen-bond donors (Lipinski definition) is 0. The molecule has 1 aliphatic rings. The van der Waals surface area contributed by atoms with Crippen LogP contribution in [0.25, 0.3) is 0 Å². The molecule has 0 aliphatic carbocycles. The van der Waals surface area contributed by atoms with Crippen molar-refractivity contribution in [3.8, 4) is 0 Å². The second-order valence-corrected chi connectivity index (χ2v) is 7.41. The Bertz CT molecular complexity index is 560. The van der Waals surface area contributed by atoms with E-state index < -0.39 is 11.7 Å². The summed E-state index contributed by atoms with van der Waals surface area (Å²) >= 11 is 0. The van der Waals surface area contributed by atoms with E-state index in [4.69, 9.17) is 0 Å². The number of unbranched alkanes of at least 4 members (excludes halogenated alkanes) is 1. The molecule has 0 aromatic heterocycles. The number of halogens is 3. The van der Waals surface area contributed by atoms with Gasteiger partial charge in [-0.15, -0.1) is 0 Å². The molecule has 1 unspecified atom stereocenters. The van der Waals surface area contributed by atoms with Crippen LogP contribution in [0.5, 0.6) is 0 Å². The molecule has 2 rings (SSSR count). The van der Waals surface area contributed by atoms with Gasteiger partial charge in [-0.1, -0.05) is 38.8 Å². The van der Waals surface area contributed by atoms with Gasteiger partial charge in [0.1, 0.15) is 0 Å². The zero-order valence-electron chi connectivity index (χ0n) is 15.8. The fourth-order valence-corrected chi connectivity index (χ4v) is 3.73. The highest BCUT2D eigenvalue weighted by molar-refractivity contribution is 5.78. The quantitative estimate of drug-likeness (QED) is 0.603. The Morgan fingerprint density at radius 1 is 1.15 bits per heavy atom. The van der Waals surface area contributed by atoms with Gasteiger partial charge in [-0.2, -0.15) is 13.2 Å². The van der Waals surface area contributed by atoms with Gasteiger partial charge in [-0.25, -0.2) is 0 Å².